The fourth-order valence-electron chi connectivity index (χ4n) is 2.43. The van der Waals surface area contributed by atoms with E-state index in [-0.39, 0.29) is 10.7 Å². The molecule has 0 bridgehead atoms. The van der Waals surface area contributed by atoms with Crippen LogP contribution >= 0.6 is 0 Å². The smallest absolute Gasteiger partial charge is 0.263 e. The highest BCUT2D eigenvalue weighted by Crippen LogP contribution is 2.21. The monoisotopic (exact) mass is 367 g/mol. The van der Waals surface area contributed by atoms with Crippen LogP contribution in [0.15, 0.2) is 65.7 Å². The van der Waals surface area contributed by atoms with Gasteiger partial charge in [0, 0.05) is 5.69 Å². The van der Waals surface area contributed by atoms with E-state index in [2.05, 4.69) is 41.0 Å². The Morgan fingerprint density at radius 2 is 1.50 bits per heavy atom. The summed E-state index contributed by atoms with van der Waals surface area (Å²) in [4.78, 5) is 4.40. The first-order chi connectivity index (χ1) is 12.3. The maximum Gasteiger partial charge on any atom is 0.263 e. The SMILES string of the molecule is Cc1ccc(S(=O)(=O)Nc2ccc(Nc3ccc(C)c(C)c3)cn2)cc1. The van der Waals surface area contributed by atoms with Crippen LogP contribution in [0.3, 0.4) is 0 Å². The summed E-state index contributed by atoms with van der Waals surface area (Å²) in [6.07, 6.45) is 1.60. The highest BCUT2D eigenvalue weighted by atomic mass is 32.2. The van der Waals surface area contributed by atoms with Gasteiger partial charge in [-0.1, -0.05) is 23.8 Å². The number of nitrogens with zero attached hydrogens (tertiary/aromatic N) is 1. The normalized spacial score (nSPS) is 11.2. The van der Waals surface area contributed by atoms with Gasteiger partial charge in [0.15, 0.2) is 0 Å². The number of nitrogens with one attached hydrogen (secondary N) is 2. The Morgan fingerprint density at radius 1 is 0.808 bits per heavy atom. The third-order valence-electron chi connectivity index (χ3n) is 4.13. The number of benzene rings is 2. The molecule has 0 saturated carbocycles. The molecule has 26 heavy (non-hydrogen) atoms. The lowest BCUT2D eigenvalue weighted by Gasteiger charge is -2.10. The number of anilines is 3. The molecule has 5 nitrogen and oxygen atoms in total. The van der Waals surface area contributed by atoms with Crippen molar-refractivity contribution in [2.45, 2.75) is 25.7 Å². The van der Waals surface area contributed by atoms with Gasteiger partial charge < -0.3 is 5.32 Å². The quantitative estimate of drug-likeness (QED) is 0.694. The van der Waals surface area contributed by atoms with Gasteiger partial charge in [-0.2, -0.15) is 0 Å². The number of sulfonamides is 1. The van der Waals surface area contributed by atoms with Crippen LogP contribution in [-0.2, 0) is 10.0 Å². The van der Waals surface area contributed by atoms with Gasteiger partial charge in [-0.25, -0.2) is 13.4 Å². The minimum absolute atomic E-state index is 0.210. The molecule has 0 saturated heterocycles. The molecule has 0 aliphatic rings. The topological polar surface area (TPSA) is 71.1 Å². The third-order valence-corrected chi connectivity index (χ3v) is 5.50. The van der Waals surface area contributed by atoms with Crippen LogP contribution in [-0.4, -0.2) is 13.4 Å². The van der Waals surface area contributed by atoms with Crippen LogP contribution in [0.25, 0.3) is 0 Å². The van der Waals surface area contributed by atoms with Gasteiger partial charge in [0.05, 0.1) is 16.8 Å². The molecule has 2 aromatic carbocycles. The van der Waals surface area contributed by atoms with Crippen molar-refractivity contribution in [1.29, 1.82) is 0 Å². The van der Waals surface area contributed by atoms with Gasteiger partial charge in [0.1, 0.15) is 5.82 Å². The largest absolute Gasteiger partial charge is 0.354 e. The Balaban J connectivity index is 1.73. The number of hydrogen-bond acceptors (Lipinski definition) is 4. The average molecular weight is 367 g/mol. The molecule has 0 aliphatic heterocycles. The molecule has 3 rings (SSSR count). The first-order valence-electron chi connectivity index (χ1n) is 8.23. The molecule has 6 heteroatoms. The zero-order chi connectivity index (χ0) is 18.7. The summed E-state index contributed by atoms with van der Waals surface area (Å²) >= 11 is 0. The van der Waals surface area contributed by atoms with Crippen molar-refractivity contribution in [3.63, 3.8) is 0 Å². The highest BCUT2D eigenvalue weighted by molar-refractivity contribution is 7.92. The highest BCUT2D eigenvalue weighted by Gasteiger charge is 2.14. The maximum absolute atomic E-state index is 12.4. The third kappa shape index (κ3) is 4.21. The van der Waals surface area contributed by atoms with Gasteiger partial charge in [0.25, 0.3) is 10.0 Å². The van der Waals surface area contributed by atoms with Gasteiger partial charge >= 0.3 is 0 Å². The second kappa shape index (κ2) is 7.17. The molecular weight excluding hydrogens is 346 g/mol. The summed E-state index contributed by atoms with van der Waals surface area (Å²) < 4.78 is 27.3. The summed E-state index contributed by atoms with van der Waals surface area (Å²) in [7, 11) is -3.65. The Labute approximate surface area is 154 Å². The van der Waals surface area contributed by atoms with Crippen LogP contribution in [0, 0.1) is 20.8 Å². The van der Waals surface area contributed by atoms with E-state index >= 15 is 0 Å². The van der Waals surface area contributed by atoms with Gasteiger partial charge in [0.2, 0.25) is 0 Å². The zero-order valence-electron chi connectivity index (χ0n) is 14.9. The molecule has 0 aliphatic carbocycles. The molecule has 134 valence electrons. The van der Waals surface area contributed by atoms with E-state index in [1.54, 1.807) is 42.6 Å². The van der Waals surface area contributed by atoms with Crippen LogP contribution in [0.4, 0.5) is 17.2 Å². The van der Waals surface area contributed by atoms with Crippen LogP contribution in [0.1, 0.15) is 16.7 Å². The minimum atomic E-state index is -3.65. The van der Waals surface area contributed by atoms with E-state index in [1.165, 1.54) is 11.1 Å². The van der Waals surface area contributed by atoms with E-state index in [9.17, 15) is 8.42 Å². The predicted molar refractivity (Wildman–Crippen MR) is 105 cm³/mol. The fourth-order valence-corrected chi connectivity index (χ4v) is 3.44. The molecule has 2 N–H and O–H groups in total. The molecule has 0 spiro atoms. The summed E-state index contributed by atoms with van der Waals surface area (Å²) in [5.41, 5.74) is 5.18. The molecule has 3 aromatic rings. The van der Waals surface area contributed by atoms with E-state index in [0.29, 0.717) is 0 Å². The lowest BCUT2D eigenvalue weighted by Crippen LogP contribution is -2.13. The van der Waals surface area contributed by atoms with Crippen LogP contribution in [0.5, 0.6) is 0 Å². The lowest BCUT2D eigenvalue weighted by atomic mass is 10.1. The summed E-state index contributed by atoms with van der Waals surface area (Å²) in [5, 5.41) is 3.26. The fraction of sp³-hybridized carbons (Fsp3) is 0.150. The first kappa shape index (κ1) is 17.9. The second-order valence-electron chi connectivity index (χ2n) is 6.27. The number of aromatic nitrogens is 1. The molecular formula is C20H21N3O2S. The Morgan fingerprint density at radius 3 is 2.12 bits per heavy atom. The molecule has 0 unspecified atom stereocenters. The van der Waals surface area contributed by atoms with Gasteiger partial charge in [-0.05, 0) is 68.3 Å². The first-order valence-corrected chi connectivity index (χ1v) is 9.72. The van der Waals surface area contributed by atoms with Crippen molar-refractivity contribution in [1.82, 2.24) is 4.98 Å². The van der Waals surface area contributed by atoms with E-state index < -0.39 is 10.0 Å². The molecule has 1 aromatic heterocycles. The van der Waals surface area contributed by atoms with E-state index in [0.717, 1.165) is 16.9 Å². The molecule has 0 amide bonds. The Hall–Kier alpha value is -2.86. The Bertz CT molecular complexity index is 1010. The number of pyridine rings is 1. The van der Waals surface area contributed by atoms with Crippen molar-refractivity contribution in [3.05, 3.63) is 77.5 Å². The number of aryl methyl sites for hydroxylation is 3. The van der Waals surface area contributed by atoms with E-state index in [1.807, 2.05) is 13.0 Å². The molecule has 0 atom stereocenters. The summed E-state index contributed by atoms with van der Waals surface area (Å²) in [5.74, 6) is 0.274. The summed E-state index contributed by atoms with van der Waals surface area (Å²) in [6, 6.07) is 16.2. The molecule has 0 radical (unpaired) electrons. The Kier molecular flexibility index (Phi) is 4.95. The maximum atomic E-state index is 12.4. The van der Waals surface area contributed by atoms with Crippen LogP contribution in [0.2, 0.25) is 0 Å². The average Bonchev–Trinajstić information content (AvgIpc) is 2.60. The van der Waals surface area contributed by atoms with E-state index in [4.69, 9.17) is 0 Å². The molecule has 1 heterocycles. The lowest BCUT2D eigenvalue weighted by molar-refractivity contribution is 0.601. The van der Waals surface area contributed by atoms with Crippen molar-refractivity contribution < 1.29 is 8.42 Å². The van der Waals surface area contributed by atoms with Crippen molar-refractivity contribution in [2.75, 3.05) is 10.0 Å². The van der Waals surface area contributed by atoms with Gasteiger partial charge in [-0.3, -0.25) is 4.72 Å². The predicted octanol–water partition coefficient (Wildman–Crippen LogP) is 4.55. The second-order valence-corrected chi connectivity index (χ2v) is 7.96. The van der Waals surface area contributed by atoms with Crippen molar-refractivity contribution in [2.24, 2.45) is 0 Å². The van der Waals surface area contributed by atoms with Gasteiger partial charge in [-0.15, -0.1) is 0 Å². The van der Waals surface area contributed by atoms with Crippen molar-refractivity contribution >= 4 is 27.2 Å². The van der Waals surface area contributed by atoms with Crippen LogP contribution < -0.4 is 10.0 Å². The standard InChI is InChI=1S/C20H21N3O2S/c1-14-4-9-19(10-5-14)26(24,25)23-20-11-8-18(13-21-20)22-17-7-6-15(2)16(3)12-17/h4-13,22H,1-3H3,(H,21,23). The molecule has 0 fully saturated rings. The zero-order valence-corrected chi connectivity index (χ0v) is 15.8. The number of rotatable bonds is 5. The number of hydrogen-bond donors (Lipinski definition) is 2. The van der Waals surface area contributed by atoms with Crippen molar-refractivity contribution in [3.8, 4) is 0 Å². The summed E-state index contributed by atoms with van der Waals surface area (Å²) in [6.45, 7) is 6.03. The minimum Gasteiger partial charge on any atom is -0.354 e.